The Hall–Kier alpha value is -4.32. The number of aromatic amines is 1. The second-order valence-electron chi connectivity index (χ2n) is 9.53. The van der Waals surface area contributed by atoms with Crippen molar-refractivity contribution in [3.63, 3.8) is 0 Å². The maximum atomic E-state index is 13.8. The highest BCUT2D eigenvalue weighted by Crippen LogP contribution is 2.34. The average Bonchev–Trinajstić information content (AvgIpc) is 3.66. The highest BCUT2D eigenvalue weighted by Gasteiger charge is 2.41. The molecule has 9 nitrogen and oxygen atoms in total. The van der Waals surface area contributed by atoms with Gasteiger partial charge in [-0.2, -0.15) is 0 Å². The van der Waals surface area contributed by atoms with Crippen LogP contribution in [0.2, 0.25) is 0 Å². The number of benzene rings is 1. The molecular weight excluding hydrogens is 470 g/mol. The third-order valence-electron chi connectivity index (χ3n) is 7.32. The van der Waals surface area contributed by atoms with Gasteiger partial charge in [0.15, 0.2) is 0 Å². The maximum Gasteiger partial charge on any atom is 0.271 e. The fourth-order valence-electron chi connectivity index (χ4n) is 5.35. The lowest BCUT2D eigenvalue weighted by Crippen LogP contribution is -2.49. The molecule has 4 atom stereocenters. The summed E-state index contributed by atoms with van der Waals surface area (Å²) in [6.07, 6.45) is 10.6. The number of carbonyl (C=O) groups is 3. The molecule has 9 heteroatoms. The van der Waals surface area contributed by atoms with Crippen molar-refractivity contribution in [3.8, 4) is 18.1 Å². The summed E-state index contributed by atoms with van der Waals surface area (Å²) in [5.74, 6) is 2.37. The summed E-state index contributed by atoms with van der Waals surface area (Å²) in [6, 6.07) is 9.81. The summed E-state index contributed by atoms with van der Waals surface area (Å²) >= 11 is 0. The van der Waals surface area contributed by atoms with E-state index >= 15 is 0 Å². The van der Waals surface area contributed by atoms with E-state index in [-0.39, 0.29) is 29.6 Å². The van der Waals surface area contributed by atoms with Crippen molar-refractivity contribution in [3.05, 3.63) is 60.0 Å². The standard InChI is InChI=1S/C28H29N5O4/c1-3-20(13-18-9-12-30-26(18)34)31-27(35)24-14-19(17-7-10-29-11-8-17)16-33(24)28(36)23-15-21-22(32-23)5-4-6-25(21)37-2/h1,4-8,10-11,15,18-20,24,32H,9,12-14,16H2,2H3,(H,30,34)(H,31,35). The lowest BCUT2D eigenvalue weighted by molar-refractivity contribution is -0.126. The van der Waals surface area contributed by atoms with E-state index in [0.717, 1.165) is 16.5 Å². The molecule has 2 aliphatic heterocycles. The van der Waals surface area contributed by atoms with Gasteiger partial charge in [-0.25, -0.2) is 0 Å². The molecule has 37 heavy (non-hydrogen) atoms. The number of fused-ring (bicyclic) bond motifs is 1. The number of rotatable bonds is 7. The van der Waals surface area contributed by atoms with Crippen molar-refractivity contribution in [2.75, 3.05) is 20.2 Å². The van der Waals surface area contributed by atoms with Crippen LogP contribution in [0.3, 0.4) is 0 Å². The fourth-order valence-corrected chi connectivity index (χ4v) is 5.35. The highest BCUT2D eigenvalue weighted by atomic mass is 16.5. The van der Waals surface area contributed by atoms with Gasteiger partial charge in [0.1, 0.15) is 17.5 Å². The van der Waals surface area contributed by atoms with E-state index < -0.39 is 12.1 Å². The molecule has 0 radical (unpaired) electrons. The van der Waals surface area contributed by atoms with E-state index in [0.29, 0.717) is 43.8 Å². The number of H-pyrrole nitrogens is 1. The number of carbonyl (C=O) groups excluding carboxylic acids is 3. The number of hydrogen-bond donors (Lipinski definition) is 3. The lowest BCUT2D eigenvalue weighted by atomic mass is 9.96. The van der Waals surface area contributed by atoms with Crippen molar-refractivity contribution in [2.24, 2.45) is 5.92 Å². The lowest BCUT2D eigenvalue weighted by Gasteiger charge is -2.25. The van der Waals surface area contributed by atoms with Crippen molar-refractivity contribution in [2.45, 2.75) is 37.3 Å². The van der Waals surface area contributed by atoms with Crippen LogP contribution in [-0.2, 0) is 9.59 Å². The van der Waals surface area contributed by atoms with Crippen LogP contribution >= 0.6 is 0 Å². The second kappa shape index (κ2) is 10.3. The molecule has 2 aromatic heterocycles. The first-order valence-electron chi connectivity index (χ1n) is 12.4. The molecule has 190 valence electrons. The predicted octanol–water partition coefficient (Wildman–Crippen LogP) is 2.21. The molecule has 3 N–H and O–H groups in total. The zero-order chi connectivity index (χ0) is 25.9. The summed E-state index contributed by atoms with van der Waals surface area (Å²) in [5, 5.41) is 6.51. The Balaban J connectivity index is 1.40. The normalized spacial score (nSPS) is 21.9. The van der Waals surface area contributed by atoms with Gasteiger partial charge in [0, 0.05) is 48.2 Å². The van der Waals surface area contributed by atoms with Crippen LogP contribution in [0.5, 0.6) is 5.75 Å². The summed E-state index contributed by atoms with van der Waals surface area (Å²) in [6.45, 7) is 0.988. The largest absolute Gasteiger partial charge is 0.496 e. The number of hydrogen-bond acceptors (Lipinski definition) is 5. The molecule has 2 fully saturated rings. The number of methoxy groups -OCH3 is 1. The Morgan fingerprint density at radius 2 is 2.11 bits per heavy atom. The molecule has 4 heterocycles. The first kappa shape index (κ1) is 24.4. The Bertz CT molecular complexity index is 1360. The molecule has 0 saturated carbocycles. The minimum Gasteiger partial charge on any atom is -0.496 e. The SMILES string of the molecule is C#CC(CC1CCNC1=O)NC(=O)C1CC(c2ccncc2)CN1C(=O)c1cc2c(OC)cccc2[nH]1. The monoisotopic (exact) mass is 499 g/mol. The summed E-state index contributed by atoms with van der Waals surface area (Å²) in [7, 11) is 1.58. The third-order valence-corrected chi connectivity index (χ3v) is 7.32. The summed E-state index contributed by atoms with van der Waals surface area (Å²) in [5.41, 5.74) is 2.16. The van der Waals surface area contributed by atoms with E-state index in [9.17, 15) is 14.4 Å². The first-order chi connectivity index (χ1) is 18.0. The molecule has 5 rings (SSSR count). The van der Waals surface area contributed by atoms with Gasteiger partial charge in [0.05, 0.1) is 13.2 Å². The van der Waals surface area contributed by atoms with Crippen molar-refractivity contribution < 1.29 is 19.1 Å². The number of pyridine rings is 1. The van der Waals surface area contributed by atoms with Gasteiger partial charge < -0.3 is 25.3 Å². The molecule has 0 aliphatic carbocycles. The van der Waals surface area contributed by atoms with Gasteiger partial charge in [0.25, 0.3) is 5.91 Å². The van der Waals surface area contributed by atoms with E-state index in [2.05, 4.69) is 26.5 Å². The van der Waals surface area contributed by atoms with Crippen molar-refractivity contribution in [1.82, 2.24) is 25.5 Å². The van der Waals surface area contributed by atoms with Gasteiger partial charge in [0.2, 0.25) is 11.8 Å². The highest BCUT2D eigenvalue weighted by molar-refractivity contribution is 6.02. The van der Waals surface area contributed by atoms with Crippen LogP contribution in [0.4, 0.5) is 0 Å². The van der Waals surface area contributed by atoms with Crippen molar-refractivity contribution >= 4 is 28.6 Å². The van der Waals surface area contributed by atoms with Crippen LogP contribution < -0.4 is 15.4 Å². The van der Waals surface area contributed by atoms with Crippen LogP contribution in [0.25, 0.3) is 10.9 Å². The molecule has 0 bridgehead atoms. The Labute approximate surface area is 215 Å². The van der Waals surface area contributed by atoms with Crippen molar-refractivity contribution in [1.29, 1.82) is 0 Å². The number of amides is 3. The Kier molecular flexibility index (Phi) is 6.82. The summed E-state index contributed by atoms with van der Waals surface area (Å²) < 4.78 is 5.44. The van der Waals surface area contributed by atoms with Crippen LogP contribution in [0.15, 0.2) is 48.8 Å². The number of terminal acetylenes is 1. The molecular formula is C28H29N5O4. The van der Waals surface area contributed by atoms with Gasteiger partial charge in [-0.1, -0.05) is 12.0 Å². The first-order valence-corrected chi connectivity index (χ1v) is 12.4. The number of nitrogens with zero attached hydrogens (tertiary/aromatic N) is 2. The van der Waals surface area contributed by atoms with Gasteiger partial charge in [-0.15, -0.1) is 6.42 Å². The smallest absolute Gasteiger partial charge is 0.271 e. The number of nitrogens with one attached hydrogen (secondary N) is 3. The van der Waals surface area contributed by atoms with E-state index in [1.807, 2.05) is 30.3 Å². The molecule has 1 aromatic carbocycles. The third kappa shape index (κ3) is 4.87. The number of aromatic nitrogens is 2. The molecule has 2 saturated heterocycles. The maximum absolute atomic E-state index is 13.8. The van der Waals surface area contributed by atoms with Gasteiger partial charge in [-0.05, 0) is 55.2 Å². The predicted molar refractivity (Wildman–Crippen MR) is 138 cm³/mol. The topological polar surface area (TPSA) is 116 Å². The number of likely N-dealkylation sites (tertiary alicyclic amines) is 1. The molecule has 2 aliphatic rings. The number of ether oxygens (including phenoxy) is 1. The van der Waals surface area contributed by atoms with E-state index in [1.165, 1.54) is 0 Å². The van der Waals surface area contributed by atoms with E-state index in [1.54, 1.807) is 30.5 Å². The van der Waals surface area contributed by atoms with Gasteiger partial charge in [-0.3, -0.25) is 19.4 Å². The Morgan fingerprint density at radius 1 is 1.30 bits per heavy atom. The second-order valence-corrected chi connectivity index (χ2v) is 9.53. The fraction of sp³-hybridized carbons (Fsp3) is 0.357. The molecule has 4 unspecified atom stereocenters. The van der Waals surface area contributed by atoms with Crippen LogP contribution in [0, 0.1) is 18.3 Å². The molecule has 0 spiro atoms. The molecule has 3 amide bonds. The van der Waals surface area contributed by atoms with E-state index in [4.69, 9.17) is 11.2 Å². The zero-order valence-corrected chi connectivity index (χ0v) is 20.6. The van der Waals surface area contributed by atoms with Crippen LogP contribution in [-0.4, -0.2) is 64.9 Å². The summed E-state index contributed by atoms with van der Waals surface area (Å²) in [4.78, 5) is 48.2. The quantitative estimate of drug-likeness (QED) is 0.431. The zero-order valence-electron chi connectivity index (χ0n) is 20.6. The minimum absolute atomic E-state index is 0.0356. The van der Waals surface area contributed by atoms with Crippen LogP contribution in [0.1, 0.15) is 41.2 Å². The molecule has 3 aromatic rings. The Morgan fingerprint density at radius 3 is 2.81 bits per heavy atom. The minimum atomic E-state index is -0.716. The average molecular weight is 500 g/mol. The van der Waals surface area contributed by atoms with Gasteiger partial charge >= 0.3 is 0 Å².